The maximum atomic E-state index is 12.2. The molecule has 0 spiro atoms. The Balaban J connectivity index is 1.70. The first-order valence-corrected chi connectivity index (χ1v) is 9.97. The molecule has 1 heterocycles. The summed E-state index contributed by atoms with van der Waals surface area (Å²) in [6, 6.07) is 16.3. The Hall–Kier alpha value is -2.66. The maximum absolute atomic E-state index is 12.2. The van der Waals surface area contributed by atoms with Crippen molar-refractivity contribution in [2.24, 2.45) is 5.10 Å². The molecule has 3 aromatic rings. The van der Waals surface area contributed by atoms with Gasteiger partial charge in [0.1, 0.15) is 0 Å². The van der Waals surface area contributed by atoms with Crippen LogP contribution in [0.25, 0.3) is 5.69 Å². The second kappa shape index (κ2) is 8.57. The average Bonchev–Trinajstić information content (AvgIpc) is 2.92. The Morgan fingerprint density at radius 3 is 2.57 bits per heavy atom. The molecular formula is C23H24BrN3O. The molecule has 0 unspecified atom stereocenters. The number of amides is 1. The second-order valence-electron chi connectivity index (χ2n) is 7.03. The van der Waals surface area contributed by atoms with Gasteiger partial charge in [-0.25, -0.2) is 5.43 Å². The molecule has 0 aliphatic heterocycles. The zero-order valence-electron chi connectivity index (χ0n) is 16.6. The monoisotopic (exact) mass is 437 g/mol. The quantitative estimate of drug-likeness (QED) is 0.434. The Labute approximate surface area is 174 Å². The highest BCUT2D eigenvalue weighted by Crippen LogP contribution is 2.22. The fraction of sp³-hybridized carbons (Fsp3) is 0.217. The van der Waals surface area contributed by atoms with Gasteiger partial charge in [-0.1, -0.05) is 40.2 Å². The highest BCUT2D eigenvalue weighted by atomic mass is 79.9. The van der Waals surface area contributed by atoms with Gasteiger partial charge in [0, 0.05) is 27.1 Å². The highest BCUT2D eigenvalue weighted by molar-refractivity contribution is 9.10. The average molecular weight is 438 g/mol. The molecule has 0 aliphatic carbocycles. The molecule has 4 nitrogen and oxygen atoms in total. The number of carbonyl (C=O) groups is 1. The number of halogens is 1. The van der Waals surface area contributed by atoms with E-state index in [1.54, 1.807) is 6.21 Å². The molecule has 0 bridgehead atoms. The number of benzene rings is 2. The van der Waals surface area contributed by atoms with Crippen LogP contribution in [-0.4, -0.2) is 16.7 Å². The molecule has 1 aromatic heterocycles. The summed E-state index contributed by atoms with van der Waals surface area (Å²) in [4.78, 5) is 12.2. The number of aromatic nitrogens is 1. The minimum Gasteiger partial charge on any atom is -0.318 e. The van der Waals surface area contributed by atoms with E-state index < -0.39 is 0 Å². The first-order chi connectivity index (χ1) is 13.3. The van der Waals surface area contributed by atoms with Gasteiger partial charge in [-0.05, 0) is 68.7 Å². The molecule has 0 saturated carbocycles. The van der Waals surface area contributed by atoms with Crippen LogP contribution >= 0.6 is 15.9 Å². The number of nitrogens with zero attached hydrogens (tertiary/aromatic N) is 2. The first-order valence-electron chi connectivity index (χ1n) is 9.18. The molecule has 1 amide bonds. The van der Waals surface area contributed by atoms with Crippen LogP contribution in [0.2, 0.25) is 0 Å². The van der Waals surface area contributed by atoms with Crippen LogP contribution in [0.15, 0.2) is 58.1 Å². The molecule has 1 N–H and O–H groups in total. The van der Waals surface area contributed by atoms with E-state index in [2.05, 4.69) is 70.0 Å². The third kappa shape index (κ3) is 4.60. The molecule has 144 valence electrons. The van der Waals surface area contributed by atoms with Crippen LogP contribution in [0.5, 0.6) is 0 Å². The van der Waals surface area contributed by atoms with E-state index in [4.69, 9.17) is 0 Å². The minimum atomic E-state index is -0.125. The maximum Gasteiger partial charge on any atom is 0.244 e. The van der Waals surface area contributed by atoms with Crippen LogP contribution in [0.4, 0.5) is 0 Å². The Morgan fingerprint density at radius 2 is 1.86 bits per heavy atom. The van der Waals surface area contributed by atoms with E-state index in [0.29, 0.717) is 6.42 Å². The fourth-order valence-electron chi connectivity index (χ4n) is 3.24. The molecule has 0 aliphatic rings. The van der Waals surface area contributed by atoms with Crippen LogP contribution in [0.3, 0.4) is 0 Å². The van der Waals surface area contributed by atoms with E-state index in [9.17, 15) is 4.79 Å². The summed E-state index contributed by atoms with van der Waals surface area (Å²) >= 11 is 3.52. The van der Waals surface area contributed by atoms with E-state index in [1.807, 2.05) is 37.3 Å². The molecule has 0 saturated heterocycles. The van der Waals surface area contributed by atoms with Gasteiger partial charge in [0.05, 0.1) is 12.6 Å². The Bertz CT molecular complexity index is 1050. The minimum absolute atomic E-state index is 0.125. The SMILES string of the molecule is Cc1ccc(CC(=O)N/N=C\c2cc(C)n(-c3cccc(Br)c3)c2C)cc1C. The Kier molecular flexibility index (Phi) is 6.15. The van der Waals surface area contributed by atoms with Crippen LogP contribution in [0, 0.1) is 27.7 Å². The van der Waals surface area contributed by atoms with Gasteiger partial charge in [-0.2, -0.15) is 5.10 Å². The summed E-state index contributed by atoms with van der Waals surface area (Å²) in [5, 5.41) is 4.16. The van der Waals surface area contributed by atoms with Crippen molar-refractivity contribution in [2.75, 3.05) is 0 Å². The number of hydrazone groups is 1. The predicted molar refractivity (Wildman–Crippen MR) is 118 cm³/mol. The molecule has 3 rings (SSSR count). The molecule has 0 atom stereocenters. The fourth-order valence-corrected chi connectivity index (χ4v) is 3.63. The van der Waals surface area contributed by atoms with Crippen molar-refractivity contribution in [1.82, 2.24) is 9.99 Å². The molecule has 5 heteroatoms. The molecule has 2 aromatic carbocycles. The lowest BCUT2D eigenvalue weighted by Gasteiger charge is -2.09. The number of hydrogen-bond donors (Lipinski definition) is 1. The van der Waals surface area contributed by atoms with Gasteiger partial charge in [-0.15, -0.1) is 0 Å². The topological polar surface area (TPSA) is 46.4 Å². The van der Waals surface area contributed by atoms with E-state index in [1.165, 1.54) is 11.1 Å². The predicted octanol–water partition coefficient (Wildman–Crippen LogP) is 5.17. The first kappa shape index (κ1) is 20.1. The highest BCUT2D eigenvalue weighted by Gasteiger charge is 2.10. The van der Waals surface area contributed by atoms with Gasteiger partial charge < -0.3 is 4.57 Å². The lowest BCUT2D eigenvalue weighted by atomic mass is 10.0. The standard InChI is InChI=1S/C23H24BrN3O/c1-15-8-9-19(10-16(15)2)12-23(28)26-25-14-20-11-17(3)27(18(20)4)22-7-5-6-21(24)13-22/h5-11,13-14H,12H2,1-4H3,(H,26,28)/b25-14-. The third-order valence-electron chi connectivity index (χ3n) is 4.87. The largest absolute Gasteiger partial charge is 0.318 e. The molecule has 0 fully saturated rings. The summed E-state index contributed by atoms with van der Waals surface area (Å²) < 4.78 is 3.20. The zero-order chi connectivity index (χ0) is 20.3. The van der Waals surface area contributed by atoms with E-state index >= 15 is 0 Å². The van der Waals surface area contributed by atoms with Crippen molar-refractivity contribution in [2.45, 2.75) is 34.1 Å². The third-order valence-corrected chi connectivity index (χ3v) is 5.36. The van der Waals surface area contributed by atoms with E-state index in [0.717, 1.165) is 32.7 Å². The number of aryl methyl sites for hydroxylation is 3. The summed E-state index contributed by atoms with van der Waals surface area (Å²) in [5.74, 6) is -0.125. The van der Waals surface area contributed by atoms with Gasteiger partial charge in [0.25, 0.3) is 0 Å². The lowest BCUT2D eigenvalue weighted by molar-refractivity contribution is -0.120. The molecular weight excluding hydrogens is 414 g/mol. The van der Waals surface area contributed by atoms with Crippen molar-refractivity contribution in [3.05, 3.63) is 86.6 Å². The lowest BCUT2D eigenvalue weighted by Crippen LogP contribution is -2.19. The number of carbonyl (C=O) groups excluding carboxylic acids is 1. The zero-order valence-corrected chi connectivity index (χ0v) is 18.2. The van der Waals surface area contributed by atoms with Crippen molar-refractivity contribution in [3.8, 4) is 5.69 Å². The van der Waals surface area contributed by atoms with Gasteiger partial charge >= 0.3 is 0 Å². The van der Waals surface area contributed by atoms with Crippen molar-refractivity contribution in [1.29, 1.82) is 0 Å². The molecule has 0 radical (unpaired) electrons. The number of nitrogens with one attached hydrogen (secondary N) is 1. The number of rotatable bonds is 5. The van der Waals surface area contributed by atoms with Crippen molar-refractivity contribution < 1.29 is 4.79 Å². The summed E-state index contributed by atoms with van der Waals surface area (Å²) in [6.45, 7) is 8.22. The van der Waals surface area contributed by atoms with Gasteiger partial charge in [0.15, 0.2) is 0 Å². The van der Waals surface area contributed by atoms with Gasteiger partial charge in [-0.3, -0.25) is 4.79 Å². The summed E-state index contributed by atoms with van der Waals surface area (Å²) in [6.07, 6.45) is 2.02. The van der Waals surface area contributed by atoms with E-state index in [-0.39, 0.29) is 5.91 Å². The smallest absolute Gasteiger partial charge is 0.244 e. The van der Waals surface area contributed by atoms with Crippen molar-refractivity contribution >= 4 is 28.1 Å². The normalized spacial score (nSPS) is 11.2. The summed E-state index contributed by atoms with van der Waals surface area (Å²) in [5.41, 5.74) is 10.3. The Morgan fingerprint density at radius 1 is 1.07 bits per heavy atom. The van der Waals surface area contributed by atoms with Crippen LogP contribution < -0.4 is 5.43 Å². The van der Waals surface area contributed by atoms with Crippen molar-refractivity contribution in [3.63, 3.8) is 0 Å². The van der Waals surface area contributed by atoms with Gasteiger partial charge in [0.2, 0.25) is 5.91 Å². The molecule has 28 heavy (non-hydrogen) atoms. The van der Waals surface area contributed by atoms with Crippen LogP contribution in [0.1, 0.15) is 33.6 Å². The summed E-state index contributed by atoms with van der Waals surface area (Å²) in [7, 11) is 0. The van der Waals surface area contributed by atoms with Crippen LogP contribution in [-0.2, 0) is 11.2 Å². The number of hydrogen-bond acceptors (Lipinski definition) is 2. The second-order valence-corrected chi connectivity index (χ2v) is 7.95.